The summed E-state index contributed by atoms with van der Waals surface area (Å²) >= 11 is 0. The third kappa shape index (κ3) is 5.23. The standard InChI is InChI=1S/C15H14F3N3O4/c16-15(17,18)11-4-1-5-21(14(11)24)9-13(23)20-8-12(22)19-7-10-3-2-6-25-10/h1-6H,7-9H2,(H,19,22)(H,20,23). The smallest absolute Gasteiger partial charge is 0.421 e. The Bertz CT molecular complexity index is 797. The first kappa shape index (κ1) is 18.3. The van der Waals surface area contributed by atoms with E-state index in [-0.39, 0.29) is 13.1 Å². The first-order valence-electron chi connectivity index (χ1n) is 7.10. The van der Waals surface area contributed by atoms with Crippen molar-refractivity contribution >= 4 is 11.8 Å². The molecule has 2 heterocycles. The molecular formula is C15H14F3N3O4. The molecule has 0 saturated carbocycles. The van der Waals surface area contributed by atoms with Gasteiger partial charge in [-0.15, -0.1) is 0 Å². The number of carbonyl (C=O) groups excluding carboxylic acids is 2. The molecule has 0 radical (unpaired) electrons. The molecule has 0 fully saturated rings. The van der Waals surface area contributed by atoms with Gasteiger partial charge in [0.05, 0.1) is 19.4 Å². The predicted molar refractivity (Wildman–Crippen MR) is 79.3 cm³/mol. The van der Waals surface area contributed by atoms with Gasteiger partial charge in [-0.25, -0.2) is 0 Å². The molecule has 2 aromatic heterocycles. The summed E-state index contributed by atoms with van der Waals surface area (Å²) in [7, 11) is 0. The third-order valence-corrected chi connectivity index (χ3v) is 3.13. The molecule has 0 aliphatic rings. The Labute approximate surface area is 139 Å². The van der Waals surface area contributed by atoms with Crippen molar-refractivity contribution in [3.05, 3.63) is 58.4 Å². The summed E-state index contributed by atoms with van der Waals surface area (Å²) in [5, 5.41) is 4.70. The van der Waals surface area contributed by atoms with E-state index in [0.29, 0.717) is 16.4 Å². The number of aromatic nitrogens is 1. The number of nitrogens with zero attached hydrogens (tertiary/aromatic N) is 1. The molecule has 7 nitrogen and oxygen atoms in total. The number of hydrogen-bond donors (Lipinski definition) is 2. The molecule has 0 aliphatic carbocycles. The number of alkyl halides is 3. The van der Waals surface area contributed by atoms with Crippen LogP contribution in [-0.4, -0.2) is 22.9 Å². The van der Waals surface area contributed by atoms with Gasteiger partial charge in [0.15, 0.2) is 0 Å². The van der Waals surface area contributed by atoms with Gasteiger partial charge in [0.25, 0.3) is 5.56 Å². The third-order valence-electron chi connectivity index (χ3n) is 3.13. The van der Waals surface area contributed by atoms with E-state index in [1.807, 2.05) is 0 Å². The van der Waals surface area contributed by atoms with E-state index < -0.39 is 35.7 Å². The number of amides is 2. The second-order valence-corrected chi connectivity index (χ2v) is 4.99. The van der Waals surface area contributed by atoms with Crippen LogP contribution in [0.1, 0.15) is 11.3 Å². The van der Waals surface area contributed by atoms with Gasteiger partial charge in [0, 0.05) is 6.20 Å². The summed E-state index contributed by atoms with van der Waals surface area (Å²) in [5.74, 6) is -0.758. The van der Waals surface area contributed by atoms with Gasteiger partial charge in [0.1, 0.15) is 17.9 Å². The second-order valence-electron chi connectivity index (χ2n) is 4.99. The van der Waals surface area contributed by atoms with Crippen LogP contribution in [0, 0.1) is 0 Å². The summed E-state index contributed by atoms with van der Waals surface area (Å²) in [6, 6.07) is 4.96. The van der Waals surface area contributed by atoms with E-state index in [1.165, 1.54) is 6.26 Å². The fraction of sp³-hybridized carbons (Fsp3) is 0.267. The number of halogens is 3. The van der Waals surface area contributed by atoms with Gasteiger partial charge in [-0.3, -0.25) is 14.4 Å². The van der Waals surface area contributed by atoms with Crippen LogP contribution >= 0.6 is 0 Å². The highest BCUT2D eigenvalue weighted by Crippen LogP contribution is 2.25. The predicted octanol–water partition coefficient (Wildman–Crippen LogP) is 0.893. The van der Waals surface area contributed by atoms with Gasteiger partial charge in [-0.1, -0.05) is 0 Å². The van der Waals surface area contributed by atoms with Crippen molar-refractivity contribution in [2.24, 2.45) is 0 Å². The maximum Gasteiger partial charge on any atom is 0.421 e. The number of furan rings is 1. The van der Waals surface area contributed by atoms with E-state index in [2.05, 4.69) is 10.6 Å². The number of nitrogens with one attached hydrogen (secondary N) is 2. The van der Waals surface area contributed by atoms with Crippen LogP contribution in [0.3, 0.4) is 0 Å². The monoisotopic (exact) mass is 357 g/mol. The van der Waals surface area contributed by atoms with Crippen molar-refractivity contribution in [1.82, 2.24) is 15.2 Å². The zero-order valence-corrected chi connectivity index (χ0v) is 12.8. The van der Waals surface area contributed by atoms with Crippen LogP contribution in [0.5, 0.6) is 0 Å². The quantitative estimate of drug-likeness (QED) is 0.803. The SMILES string of the molecule is O=C(CNC(=O)Cn1cccc(C(F)(F)F)c1=O)NCc1ccco1. The van der Waals surface area contributed by atoms with Gasteiger partial charge >= 0.3 is 6.18 Å². The molecule has 2 aromatic rings. The minimum absolute atomic E-state index is 0.134. The Morgan fingerprint density at radius 2 is 1.88 bits per heavy atom. The van der Waals surface area contributed by atoms with Crippen LogP contribution in [-0.2, 0) is 28.9 Å². The van der Waals surface area contributed by atoms with Gasteiger partial charge < -0.3 is 19.6 Å². The van der Waals surface area contributed by atoms with E-state index >= 15 is 0 Å². The molecule has 2 amide bonds. The lowest BCUT2D eigenvalue weighted by atomic mass is 10.2. The molecule has 0 bridgehead atoms. The van der Waals surface area contributed by atoms with E-state index in [9.17, 15) is 27.6 Å². The van der Waals surface area contributed by atoms with Crippen LogP contribution < -0.4 is 16.2 Å². The minimum Gasteiger partial charge on any atom is -0.467 e. The molecule has 0 spiro atoms. The van der Waals surface area contributed by atoms with Crippen molar-refractivity contribution in [3.8, 4) is 0 Å². The lowest BCUT2D eigenvalue weighted by Crippen LogP contribution is -2.40. The highest BCUT2D eigenvalue weighted by Gasteiger charge is 2.34. The fourth-order valence-corrected chi connectivity index (χ4v) is 1.93. The van der Waals surface area contributed by atoms with Crippen LogP contribution in [0.2, 0.25) is 0 Å². The Morgan fingerprint density at radius 3 is 2.52 bits per heavy atom. The van der Waals surface area contributed by atoms with E-state index in [1.54, 1.807) is 12.1 Å². The molecule has 0 aliphatic heterocycles. The van der Waals surface area contributed by atoms with Gasteiger partial charge in [-0.2, -0.15) is 13.2 Å². The molecule has 0 saturated heterocycles. The average Bonchev–Trinajstić information content (AvgIpc) is 3.05. The highest BCUT2D eigenvalue weighted by molar-refractivity contribution is 5.84. The molecule has 25 heavy (non-hydrogen) atoms. The van der Waals surface area contributed by atoms with Crippen molar-refractivity contribution < 1.29 is 27.2 Å². The van der Waals surface area contributed by atoms with E-state index in [4.69, 9.17) is 4.42 Å². The summed E-state index contributed by atoms with van der Waals surface area (Å²) in [6.45, 7) is -0.879. The van der Waals surface area contributed by atoms with Crippen molar-refractivity contribution in [2.75, 3.05) is 6.54 Å². The molecule has 2 N–H and O–H groups in total. The first-order chi connectivity index (χ1) is 11.8. The summed E-state index contributed by atoms with van der Waals surface area (Å²) in [4.78, 5) is 35.0. The fourth-order valence-electron chi connectivity index (χ4n) is 1.93. The Hall–Kier alpha value is -3.04. The molecule has 0 unspecified atom stereocenters. The number of rotatable bonds is 6. The maximum absolute atomic E-state index is 12.6. The summed E-state index contributed by atoms with van der Waals surface area (Å²) in [6.07, 6.45) is -2.30. The minimum atomic E-state index is -4.80. The zero-order valence-electron chi connectivity index (χ0n) is 12.8. The van der Waals surface area contributed by atoms with Gasteiger partial charge in [-0.05, 0) is 24.3 Å². The molecule has 10 heteroatoms. The van der Waals surface area contributed by atoms with Crippen LogP contribution in [0.25, 0.3) is 0 Å². The van der Waals surface area contributed by atoms with Crippen LogP contribution in [0.4, 0.5) is 13.2 Å². The lowest BCUT2D eigenvalue weighted by Gasteiger charge is -2.10. The lowest BCUT2D eigenvalue weighted by molar-refractivity contribution is -0.139. The number of pyridine rings is 1. The summed E-state index contributed by atoms with van der Waals surface area (Å²) in [5.41, 5.74) is -2.69. The first-order valence-corrected chi connectivity index (χ1v) is 7.10. The molecule has 2 rings (SSSR count). The van der Waals surface area contributed by atoms with E-state index in [0.717, 1.165) is 12.3 Å². The number of carbonyl (C=O) groups is 2. The maximum atomic E-state index is 12.6. The number of hydrogen-bond acceptors (Lipinski definition) is 4. The second kappa shape index (κ2) is 7.69. The van der Waals surface area contributed by atoms with Crippen LogP contribution in [0.15, 0.2) is 45.9 Å². The van der Waals surface area contributed by atoms with Crippen molar-refractivity contribution in [1.29, 1.82) is 0 Å². The molecule has 0 aromatic carbocycles. The molecular weight excluding hydrogens is 343 g/mol. The zero-order chi connectivity index (χ0) is 18.4. The van der Waals surface area contributed by atoms with Crippen molar-refractivity contribution in [2.45, 2.75) is 19.3 Å². The normalized spacial score (nSPS) is 11.2. The largest absolute Gasteiger partial charge is 0.467 e. The highest BCUT2D eigenvalue weighted by atomic mass is 19.4. The molecule has 0 atom stereocenters. The Morgan fingerprint density at radius 1 is 1.12 bits per heavy atom. The Kier molecular flexibility index (Phi) is 5.63. The van der Waals surface area contributed by atoms with Gasteiger partial charge in [0.2, 0.25) is 11.8 Å². The Balaban J connectivity index is 1.86. The topological polar surface area (TPSA) is 93.3 Å². The average molecular weight is 357 g/mol. The molecule has 134 valence electrons. The summed E-state index contributed by atoms with van der Waals surface area (Å²) < 4.78 is 43.6. The van der Waals surface area contributed by atoms with Crippen molar-refractivity contribution in [3.63, 3.8) is 0 Å².